The van der Waals surface area contributed by atoms with Crippen LogP contribution in [0.3, 0.4) is 0 Å². The zero-order valence-corrected chi connectivity index (χ0v) is 17.2. The van der Waals surface area contributed by atoms with Gasteiger partial charge in [0.25, 0.3) is 5.91 Å². The van der Waals surface area contributed by atoms with Crippen LogP contribution in [0.5, 0.6) is 0 Å². The van der Waals surface area contributed by atoms with Gasteiger partial charge in [-0.3, -0.25) is 4.79 Å². The van der Waals surface area contributed by atoms with Gasteiger partial charge in [-0.1, -0.05) is 17.7 Å². The smallest absolute Gasteiger partial charge is 0.251 e. The highest BCUT2D eigenvalue weighted by atomic mass is 35.5. The van der Waals surface area contributed by atoms with Crippen molar-refractivity contribution in [3.63, 3.8) is 0 Å². The van der Waals surface area contributed by atoms with E-state index in [1.807, 2.05) is 13.0 Å². The van der Waals surface area contributed by atoms with Crippen molar-refractivity contribution in [2.45, 2.75) is 39.0 Å². The summed E-state index contributed by atoms with van der Waals surface area (Å²) >= 11 is 6.25. The number of aliphatic hydroxyl groups is 1. The van der Waals surface area contributed by atoms with Crippen molar-refractivity contribution in [2.75, 3.05) is 18.0 Å². The molecule has 2 aromatic rings. The average molecular weight is 416 g/mol. The van der Waals surface area contributed by atoms with Crippen LogP contribution in [0, 0.1) is 24.1 Å². The molecule has 1 unspecified atom stereocenters. The van der Waals surface area contributed by atoms with Crippen LogP contribution >= 0.6 is 11.6 Å². The molecule has 0 aliphatic carbocycles. The number of benzene rings is 2. The Morgan fingerprint density at radius 1 is 1.41 bits per heavy atom. The summed E-state index contributed by atoms with van der Waals surface area (Å²) in [5.41, 5.74) is 2.99. The topological polar surface area (TPSA) is 67.6 Å². The fraction of sp³-hybridized carbons (Fsp3) is 0.364. The molecule has 152 valence electrons. The third-order valence-electron chi connectivity index (χ3n) is 5.33. The van der Waals surface area contributed by atoms with Crippen molar-refractivity contribution in [1.82, 2.24) is 4.90 Å². The summed E-state index contributed by atoms with van der Waals surface area (Å²) in [6.07, 6.45) is -0.332. The molecule has 1 fully saturated rings. The van der Waals surface area contributed by atoms with Gasteiger partial charge in [-0.2, -0.15) is 5.26 Å². The van der Waals surface area contributed by atoms with Crippen LogP contribution < -0.4 is 4.90 Å². The number of carbonyl (C=O) groups is 1. The lowest BCUT2D eigenvalue weighted by Crippen LogP contribution is -2.41. The standard InChI is InChI=1S/C22H23ClFN3O2/c1-14-3-5-18(24)9-17(14)12-27(19-6-4-16(11-25)21(23)10-19)20-7-8-26(13-20)22(29)15(2)28/h3-6,9-10,15,20,28H,7-8,12-13H2,1-2H3/t15-,20?/m0/s1. The minimum atomic E-state index is -1.04. The molecule has 0 bridgehead atoms. The SMILES string of the molecule is Cc1ccc(F)cc1CN(c1ccc(C#N)c(Cl)c1)C1CCN(C(=O)[C@H](C)O)C1. The monoisotopic (exact) mass is 415 g/mol. The van der Waals surface area contributed by atoms with E-state index in [2.05, 4.69) is 11.0 Å². The average Bonchev–Trinajstić information content (AvgIpc) is 3.17. The molecule has 7 heteroatoms. The van der Waals surface area contributed by atoms with Crippen molar-refractivity contribution in [3.05, 3.63) is 63.9 Å². The van der Waals surface area contributed by atoms with E-state index in [0.29, 0.717) is 36.6 Å². The predicted molar refractivity (Wildman–Crippen MR) is 110 cm³/mol. The van der Waals surface area contributed by atoms with Crippen molar-refractivity contribution in [1.29, 1.82) is 5.26 Å². The molecule has 0 saturated carbocycles. The van der Waals surface area contributed by atoms with Crippen molar-refractivity contribution in [3.8, 4) is 6.07 Å². The Hall–Kier alpha value is -2.62. The van der Waals surface area contributed by atoms with Crippen molar-refractivity contribution < 1.29 is 14.3 Å². The number of aliphatic hydroxyl groups excluding tert-OH is 1. The Labute approximate surface area is 174 Å². The second-order valence-corrected chi connectivity index (χ2v) is 7.78. The zero-order chi connectivity index (χ0) is 21.1. The number of nitrogens with zero attached hydrogens (tertiary/aromatic N) is 3. The lowest BCUT2D eigenvalue weighted by molar-refractivity contribution is -0.138. The minimum absolute atomic E-state index is 0.0237. The number of aryl methyl sites for hydroxylation is 1. The van der Waals surface area contributed by atoms with Crippen LogP contribution in [-0.4, -0.2) is 41.1 Å². The van der Waals surface area contributed by atoms with E-state index >= 15 is 0 Å². The molecule has 2 atom stereocenters. The summed E-state index contributed by atoms with van der Waals surface area (Å²) in [6, 6.07) is 11.9. The molecule has 3 rings (SSSR count). The number of halogens is 2. The third-order valence-corrected chi connectivity index (χ3v) is 5.64. The molecule has 1 saturated heterocycles. The number of carbonyl (C=O) groups excluding carboxylic acids is 1. The number of hydrogen-bond donors (Lipinski definition) is 1. The van der Waals surface area contributed by atoms with Gasteiger partial charge in [0, 0.05) is 31.4 Å². The van der Waals surface area contributed by atoms with Crippen LogP contribution in [0.1, 0.15) is 30.0 Å². The van der Waals surface area contributed by atoms with Crippen LogP contribution in [0.25, 0.3) is 0 Å². The second kappa shape index (κ2) is 8.81. The van der Waals surface area contributed by atoms with Crippen LogP contribution in [0.4, 0.5) is 10.1 Å². The third kappa shape index (κ3) is 4.69. The molecular formula is C22H23ClFN3O2. The number of amides is 1. The first-order valence-electron chi connectivity index (χ1n) is 9.48. The number of nitriles is 1. The fourth-order valence-corrected chi connectivity index (χ4v) is 3.88. The van der Waals surface area contributed by atoms with Gasteiger partial charge >= 0.3 is 0 Å². The van der Waals surface area contributed by atoms with Gasteiger partial charge in [-0.05, 0) is 61.7 Å². The molecule has 0 radical (unpaired) electrons. The molecule has 0 aromatic heterocycles. The molecular weight excluding hydrogens is 393 g/mol. The van der Waals surface area contributed by atoms with E-state index in [4.69, 9.17) is 16.9 Å². The van der Waals surface area contributed by atoms with E-state index in [1.54, 1.807) is 23.1 Å². The number of anilines is 1. The molecule has 5 nitrogen and oxygen atoms in total. The second-order valence-electron chi connectivity index (χ2n) is 7.38. The molecule has 1 amide bonds. The summed E-state index contributed by atoms with van der Waals surface area (Å²) in [5, 5.41) is 19.1. The highest BCUT2D eigenvalue weighted by Crippen LogP contribution is 2.30. The molecule has 0 spiro atoms. The normalized spacial score (nSPS) is 17.1. The first kappa shape index (κ1) is 21.1. The quantitative estimate of drug-likeness (QED) is 0.809. The maximum absolute atomic E-state index is 13.8. The Balaban J connectivity index is 1.94. The number of rotatable bonds is 5. The summed E-state index contributed by atoms with van der Waals surface area (Å²) in [7, 11) is 0. The van der Waals surface area contributed by atoms with Crippen LogP contribution in [-0.2, 0) is 11.3 Å². The van der Waals surface area contributed by atoms with Gasteiger partial charge < -0.3 is 14.9 Å². The van der Waals surface area contributed by atoms with E-state index in [-0.39, 0.29) is 17.8 Å². The highest BCUT2D eigenvalue weighted by Gasteiger charge is 2.32. The lowest BCUT2D eigenvalue weighted by atomic mass is 10.1. The molecule has 29 heavy (non-hydrogen) atoms. The molecule has 2 aromatic carbocycles. The van der Waals surface area contributed by atoms with Gasteiger partial charge in [0.2, 0.25) is 0 Å². The summed E-state index contributed by atoms with van der Waals surface area (Å²) < 4.78 is 13.8. The maximum Gasteiger partial charge on any atom is 0.251 e. The Morgan fingerprint density at radius 3 is 2.83 bits per heavy atom. The van der Waals surface area contributed by atoms with Crippen LogP contribution in [0.15, 0.2) is 36.4 Å². The van der Waals surface area contributed by atoms with Gasteiger partial charge in [0.1, 0.15) is 18.0 Å². The summed E-state index contributed by atoms with van der Waals surface area (Å²) in [4.78, 5) is 15.9. The highest BCUT2D eigenvalue weighted by molar-refractivity contribution is 6.32. The van der Waals surface area contributed by atoms with Gasteiger partial charge in [0.15, 0.2) is 0 Å². The predicted octanol–water partition coefficient (Wildman–Crippen LogP) is 3.65. The minimum Gasteiger partial charge on any atom is -0.384 e. The van der Waals surface area contributed by atoms with Crippen LogP contribution in [0.2, 0.25) is 5.02 Å². The molecule has 1 aliphatic heterocycles. The zero-order valence-electron chi connectivity index (χ0n) is 16.4. The van der Waals surface area contributed by atoms with E-state index in [1.165, 1.54) is 19.1 Å². The first-order valence-corrected chi connectivity index (χ1v) is 9.86. The molecule has 1 aliphatic rings. The van der Waals surface area contributed by atoms with Gasteiger partial charge in [-0.15, -0.1) is 0 Å². The van der Waals surface area contributed by atoms with Gasteiger partial charge in [-0.25, -0.2) is 4.39 Å². The Bertz CT molecular complexity index is 958. The van der Waals surface area contributed by atoms with Crippen molar-refractivity contribution in [2.24, 2.45) is 0 Å². The molecule has 1 heterocycles. The van der Waals surface area contributed by atoms with E-state index in [0.717, 1.165) is 16.8 Å². The Kier molecular flexibility index (Phi) is 6.41. The fourth-order valence-electron chi connectivity index (χ4n) is 3.66. The molecule has 1 N–H and O–H groups in total. The number of likely N-dealkylation sites (tertiary alicyclic amines) is 1. The lowest BCUT2D eigenvalue weighted by Gasteiger charge is -2.32. The summed E-state index contributed by atoms with van der Waals surface area (Å²) in [6.45, 7) is 4.82. The first-order chi connectivity index (χ1) is 13.8. The van der Waals surface area contributed by atoms with E-state index in [9.17, 15) is 14.3 Å². The van der Waals surface area contributed by atoms with E-state index < -0.39 is 6.10 Å². The summed E-state index contributed by atoms with van der Waals surface area (Å²) in [5.74, 6) is -0.604. The maximum atomic E-state index is 13.8. The number of hydrogen-bond acceptors (Lipinski definition) is 4. The van der Waals surface area contributed by atoms with Crippen molar-refractivity contribution >= 4 is 23.2 Å². The largest absolute Gasteiger partial charge is 0.384 e. The Morgan fingerprint density at radius 2 is 2.17 bits per heavy atom. The van der Waals surface area contributed by atoms with Gasteiger partial charge in [0.05, 0.1) is 10.6 Å².